The molecule has 0 spiro atoms. The van der Waals surface area contributed by atoms with Gasteiger partial charge in [0.2, 0.25) is 0 Å². The molecule has 2 heterocycles. The zero-order valence-corrected chi connectivity index (χ0v) is 19.5. The molecular weight excluding hydrogens is 394 g/mol. The SMILES string of the molecule is Cc1ccc(CN(Cc2ccc(OCC(C)C)cc2)C(=O)NC2CCN(C)CC2)s1. The lowest BCUT2D eigenvalue weighted by atomic mass is 10.1. The first kappa shape index (κ1) is 22.6. The third-order valence-electron chi connectivity index (χ3n) is 5.36. The highest BCUT2D eigenvalue weighted by Crippen LogP contribution is 2.20. The van der Waals surface area contributed by atoms with Gasteiger partial charge in [-0.15, -0.1) is 11.3 Å². The van der Waals surface area contributed by atoms with Crippen LogP contribution < -0.4 is 10.1 Å². The highest BCUT2D eigenvalue weighted by Gasteiger charge is 2.22. The zero-order valence-electron chi connectivity index (χ0n) is 18.7. The molecule has 0 atom stereocenters. The van der Waals surface area contributed by atoms with Crippen molar-refractivity contribution in [3.8, 4) is 5.75 Å². The summed E-state index contributed by atoms with van der Waals surface area (Å²) in [7, 11) is 2.14. The number of carbonyl (C=O) groups is 1. The van der Waals surface area contributed by atoms with Crippen LogP contribution in [-0.2, 0) is 13.1 Å². The molecule has 0 bridgehead atoms. The first-order chi connectivity index (χ1) is 14.4. The minimum Gasteiger partial charge on any atom is -0.493 e. The van der Waals surface area contributed by atoms with Crippen molar-refractivity contribution in [3.05, 3.63) is 51.7 Å². The molecule has 0 saturated carbocycles. The van der Waals surface area contributed by atoms with Crippen LogP contribution in [0.25, 0.3) is 0 Å². The fourth-order valence-corrected chi connectivity index (χ4v) is 4.46. The summed E-state index contributed by atoms with van der Waals surface area (Å²) in [6.45, 7) is 10.4. The summed E-state index contributed by atoms with van der Waals surface area (Å²) in [6.07, 6.45) is 2.02. The van der Waals surface area contributed by atoms with E-state index < -0.39 is 0 Å². The quantitative estimate of drug-likeness (QED) is 0.649. The molecule has 164 valence electrons. The van der Waals surface area contributed by atoms with Crippen LogP contribution in [0.5, 0.6) is 5.75 Å². The van der Waals surface area contributed by atoms with Gasteiger partial charge in [0.1, 0.15) is 5.75 Å². The van der Waals surface area contributed by atoms with Crippen molar-refractivity contribution in [2.75, 3.05) is 26.7 Å². The van der Waals surface area contributed by atoms with Crippen molar-refractivity contribution in [1.82, 2.24) is 15.1 Å². The lowest BCUT2D eigenvalue weighted by Gasteiger charge is -2.32. The van der Waals surface area contributed by atoms with Crippen LogP contribution in [-0.4, -0.2) is 48.6 Å². The van der Waals surface area contributed by atoms with Crippen LogP contribution in [0.15, 0.2) is 36.4 Å². The van der Waals surface area contributed by atoms with E-state index >= 15 is 0 Å². The predicted molar refractivity (Wildman–Crippen MR) is 124 cm³/mol. The van der Waals surface area contributed by atoms with E-state index in [0.29, 0.717) is 25.6 Å². The van der Waals surface area contributed by atoms with Gasteiger partial charge in [-0.05, 0) is 75.6 Å². The Bertz CT molecular complexity index is 795. The summed E-state index contributed by atoms with van der Waals surface area (Å²) in [5.74, 6) is 1.38. The molecule has 30 heavy (non-hydrogen) atoms. The molecule has 6 heteroatoms. The minimum atomic E-state index is 0.0238. The van der Waals surface area contributed by atoms with Crippen molar-refractivity contribution in [2.45, 2.75) is 52.7 Å². The maximum Gasteiger partial charge on any atom is 0.318 e. The van der Waals surface area contributed by atoms with Crippen molar-refractivity contribution in [3.63, 3.8) is 0 Å². The molecule has 1 aromatic heterocycles. The Morgan fingerprint density at radius 3 is 2.47 bits per heavy atom. The van der Waals surface area contributed by atoms with Crippen LogP contribution in [0.2, 0.25) is 0 Å². The fraction of sp³-hybridized carbons (Fsp3) is 0.542. The molecule has 1 fully saturated rings. The number of nitrogens with zero attached hydrogens (tertiary/aromatic N) is 2. The third kappa shape index (κ3) is 7.03. The highest BCUT2D eigenvalue weighted by atomic mass is 32.1. The number of piperidine rings is 1. The molecule has 0 unspecified atom stereocenters. The number of aryl methyl sites for hydroxylation is 1. The smallest absolute Gasteiger partial charge is 0.318 e. The molecule has 0 radical (unpaired) electrons. The number of hydrogen-bond acceptors (Lipinski definition) is 4. The van der Waals surface area contributed by atoms with Gasteiger partial charge in [0, 0.05) is 22.3 Å². The molecular formula is C24H35N3O2S. The molecule has 1 N–H and O–H groups in total. The lowest BCUT2D eigenvalue weighted by Crippen LogP contribution is -2.48. The van der Waals surface area contributed by atoms with Crippen molar-refractivity contribution >= 4 is 17.4 Å². The van der Waals surface area contributed by atoms with Crippen molar-refractivity contribution < 1.29 is 9.53 Å². The Morgan fingerprint density at radius 2 is 1.87 bits per heavy atom. The summed E-state index contributed by atoms with van der Waals surface area (Å²) in [5.41, 5.74) is 1.11. The normalized spacial score (nSPS) is 15.4. The predicted octanol–water partition coefficient (Wildman–Crippen LogP) is 4.90. The van der Waals surface area contributed by atoms with E-state index in [0.717, 1.165) is 37.2 Å². The Kier molecular flexibility index (Phi) is 8.16. The Labute approximate surface area is 185 Å². The van der Waals surface area contributed by atoms with Crippen LogP contribution in [0.1, 0.15) is 42.0 Å². The Hall–Kier alpha value is -2.05. The molecule has 5 nitrogen and oxygen atoms in total. The summed E-state index contributed by atoms with van der Waals surface area (Å²) in [6, 6.07) is 12.6. The molecule has 1 aliphatic heterocycles. The second-order valence-corrected chi connectivity index (χ2v) is 10.1. The van der Waals surface area contributed by atoms with Crippen LogP contribution in [0, 0.1) is 12.8 Å². The van der Waals surface area contributed by atoms with Gasteiger partial charge in [0.15, 0.2) is 0 Å². The van der Waals surface area contributed by atoms with Gasteiger partial charge in [-0.2, -0.15) is 0 Å². The monoisotopic (exact) mass is 429 g/mol. The molecule has 0 aliphatic carbocycles. The number of likely N-dealkylation sites (tertiary alicyclic amines) is 1. The fourth-order valence-electron chi connectivity index (χ4n) is 3.55. The first-order valence-electron chi connectivity index (χ1n) is 10.9. The van der Waals surface area contributed by atoms with Crippen LogP contribution >= 0.6 is 11.3 Å². The van der Waals surface area contributed by atoms with E-state index in [2.05, 4.69) is 62.3 Å². The van der Waals surface area contributed by atoms with E-state index in [4.69, 9.17) is 4.74 Å². The summed E-state index contributed by atoms with van der Waals surface area (Å²) >= 11 is 1.75. The second-order valence-electron chi connectivity index (χ2n) is 8.74. The number of urea groups is 1. The molecule has 2 amide bonds. The average Bonchev–Trinajstić information content (AvgIpc) is 3.13. The van der Waals surface area contributed by atoms with Gasteiger partial charge in [0.05, 0.1) is 13.2 Å². The highest BCUT2D eigenvalue weighted by molar-refractivity contribution is 7.11. The second kappa shape index (κ2) is 10.8. The molecule has 1 saturated heterocycles. The number of rotatable bonds is 8. The topological polar surface area (TPSA) is 44.8 Å². The van der Waals surface area contributed by atoms with Gasteiger partial charge >= 0.3 is 6.03 Å². The number of ether oxygens (including phenoxy) is 1. The largest absolute Gasteiger partial charge is 0.493 e. The van der Waals surface area contributed by atoms with Gasteiger partial charge in [-0.1, -0.05) is 26.0 Å². The molecule has 1 aliphatic rings. The maximum atomic E-state index is 13.1. The van der Waals surface area contributed by atoms with Gasteiger partial charge < -0.3 is 19.9 Å². The number of nitrogens with one attached hydrogen (secondary N) is 1. The molecule has 1 aromatic carbocycles. The zero-order chi connectivity index (χ0) is 21.5. The van der Waals surface area contributed by atoms with E-state index in [-0.39, 0.29) is 12.1 Å². The summed E-state index contributed by atoms with van der Waals surface area (Å²) < 4.78 is 5.79. The van der Waals surface area contributed by atoms with E-state index in [1.807, 2.05) is 17.0 Å². The Balaban J connectivity index is 1.65. The van der Waals surface area contributed by atoms with Crippen molar-refractivity contribution in [1.29, 1.82) is 0 Å². The number of amides is 2. The number of thiophene rings is 1. The standard InChI is InChI=1S/C24H35N3O2S/c1-18(2)17-29-22-8-6-20(7-9-22)15-27(16-23-10-5-19(3)30-23)24(28)25-21-11-13-26(4)14-12-21/h5-10,18,21H,11-17H2,1-4H3,(H,25,28). The van der Waals surface area contributed by atoms with E-state index in [9.17, 15) is 4.79 Å². The minimum absolute atomic E-state index is 0.0238. The van der Waals surface area contributed by atoms with Gasteiger partial charge in [0.25, 0.3) is 0 Å². The molecule has 2 aromatic rings. The molecule has 3 rings (SSSR count). The van der Waals surface area contributed by atoms with Gasteiger partial charge in [-0.3, -0.25) is 0 Å². The summed E-state index contributed by atoms with van der Waals surface area (Å²) in [4.78, 5) is 19.9. The first-order valence-corrected chi connectivity index (χ1v) is 11.7. The van der Waals surface area contributed by atoms with Gasteiger partial charge in [-0.25, -0.2) is 4.79 Å². The maximum absolute atomic E-state index is 13.1. The lowest BCUT2D eigenvalue weighted by molar-refractivity contribution is 0.176. The number of hydrogen-bond donors (Lipinski definition) is 1. The number of benzene rings is 1. The van der Waals surface area contributed by atoms with Crippen LogP contribution in [0.4, 0.5) is 4.79 Å². The van der Waals surface area contributed by atoms with Crippen molar-refractivity contribution in [2.24, 2.45) is 5.92 Å². The Morgan fingerprint density at radius 1 is 1.17 bits per heavy atom. The summed E-state index contributed by atoms with van der Waals surface area (Å²) in [5, 5.41) is 3.27. The number of carbonyl (C=O) groups excluding carboxylic acids is 1. The van der Waals surface area contributed by atoms with E-state index in [1.165, 1.54) is 9.75 Å². The average molecular weight is 430 g/mol. The third-order valence-corrected chi connectivity index (χ3v) is 6.34. The van der Waals surface area contributed by atoms with Crippen LogP contribution in [0.3, 0.4) is 0 Å². The van der Waals surface area contributed by atoms with E-state index in [1.54, 1.807) is 11.3 Å².